The standard InChI is InChI=1S/C26H22ClNO3/c1-16-12-22-20(14-28(15-30-22)17(2)18-8-4-3-5-9-18)26-24(16)25(29)23(31-26)13-19-10-6-7-11-21(19)27/h3-13,17H,14-15H2,1-2H3/b23-13-. The summed E-state index contributed by atoms with van der Waals surface area (Å²) in [6.45, 7) is 5.20. The maximum atomic E-state index is 13.2. The van der Waals surface area contributed by atoms with Crippen molar-refractivity contribution in [2.24, 2.45) is 0 Å². The molecule has 1 atom stereocenters. The van der Waals surface area contributed by atoms with Crippen molar-refractivity contribution in [1.82, 2.24) is 4.90 Å². The van der Waals surface area contributed by atoms with E-state index in [9.17, 15) is 4.79 Å². The van der Waals surface area contributed by atoms with Gasteiger partial charge in [0.15, 0.2) is 5.76 Å². The third kappa shape index (κ3) is 3.52. The fourth-order valence-electron chi connectivity index (χ4n) is 4.17. The van der Waals surface area contributed by atoms with Gasteiger partial charge < -0.3 is 9.47 Å². The van der Waals surface area contributed by atoms with E-state index in [-0.39, 0.29) is 17.6 Å². The SMILES string of the molecule is Cc1cc2c(c3c1C(=O)/C(=C/c1ccccc1Cl)O3)CN(C(C)c1ccccc1)CO2. The van der Waals surface area contributed by atoms with Gasteiger partial charge in [0.25, 0.3) is 0 Å². The molecule has 31 heavy (non-hydrogen) atoms. The van der Waals surface area contributed by atoms with Crippen molar-refractivity contribution in [2.75, 3.05) is 6.73 Å². The van der Waals surface area contributed by atoms with Crippen LogP contribution in [0.2, 0.25) is 5.02 Å². The van der Waals surface area contributed by atoms with Crippen LogP contribution in [0.3, 0.4) is 0 Å². The number of hydrogen-bond donors (Lipinski definition) is 0. The maximum Gasteiger partial charge on any atom is 0.232 e. The summed E-state index contributed by atoms with van der Waals surface area (Å²) in [5.41, 5.74) is 4.34. The van der Waals surface area contributed by atoms with Gasteiger partial charge in [0.05, 0.1) is 11.1 Å². The molecule has 0 saturated carbocycles. The molecule has 5 rings (SSSR count). The smallest absolute Gasteiger partial charge is 0.232 e. The Balaban J connectivity index is 1.51. The molecule has 2 aliphatic heterocycles. The molecule has 2 aliphatic rings. The first kappa shape index (κ1) is 19.9. The molecule has 0 bridgehead atoms. The van der Waals surface area contributed by atoms with E-state index >= 15 is 0 Å². The lowest BCUT2D eigenvalue weighted by atomic mass is 9.98. The number of nitrogens with zero attached hydrogens (tertiary/aromatic N) is 1. The number of halogens is 1. The lowest BCUT2D eigenvalue weighted by molar-refractivity contribution is 0.0605. The highest BCUT2D eigenvalue weighted by molar-refractivity contribution is 6.32. The minimum atomic E-state index is -0.122. The molecule has 0 aromatic heterocycles. The van der Waals surface area contributed by atoms with Crippen LogP contribution in [-0.2, 0) is 6.54 Å². The first-order chi connectivity index (χ1) is 15.0. The number of benzene rings is 3. The molecule has 0 N–H and O–H groups in total. The van der Waals surface area contributed by atoms with E-state index in [0.717, 1.165) is 22.4 Å². The minimum absolute atomic E-state index is 0.122. The molecule has 1 unspecified atom stereocenters. The van der Waals surface area contributed by atoms with Crippen molar-refractivity contribution in [3.05, 3.63) is 99.3 Å². The number of ether oxygens (including phenoxy) is 2. The van der Waals surface area contributed by atoms with Crippen LogP contribution in [0.4, 0.5) is 0 Å². The minimum Gasteiger partial charge on any atom is -0.478 e. The van der Waals surface area contributed by atoms with Crippen LogP contribution in [-0.4, -0.2) is 17.4 Å². The monoisotopic (exact) mass is 431 g/mol. The fraction of sp³-hybridized carbons (Fsp3) is 0.192. The quantitative estimate of drug-likeness (QED) is 0.464. The van der Waals surface area contributed by atoms with Gasteiger partial charge in [0, 0.05) is 17.6 Å². The van der Waals surface area contributed by atoms with Crippen molar-refractivity contribution < 1.29 is 14.3 Å². The molecule has 3 aromatic rings. The summed E-state index contributed by atoms with van der Waals surface area (Å²) in [6.07, 6.45) is 1.71. The number of ketones is 1. The number of carbonyl (C=O) groups excluding carboxylic acids is 1. The molecule has 0 amide bonds. The van der Waals surface area contributed by atoms with Crippen molar-refractivity contribution in [2.45, 2.75) is 26.4 Å². The first-order valence-corrected chi connectivity index (χ1v) is 10.7. The van der Waals surface area contributed by atoms with Crippen LogP contribution in [0.5, 0.6) is 11.5 Å². The molecule has 3 aromatic carbocycles. The highest BCUT2D eigenvalue weighted by Gasteiger charge is 2.36. The van der Waals surface area contributed by atoms with Crippen LogP contribution >= 0.6 is 11.6 Å². The Morgan fingerprint density at radius 2 is 1.84 bits per heavy atom. The molecule has 0 saturated heterocycles. The second kappa shape index (κ2) is 7.88. The summed E-state index contributed by atoms with van der Waals surface area (Å²) in [6, 6.07) is 19.8. The van der Waals surface area contributed by atoms with E-state index in [1.807, 2.05) is 49.4 Å². The molecule has 0 spiro atoms. The summed E-state index contributed by atoms with van der Waals surface area (Å²) >= 11 is 6.28. The number of aryl methyl sites for hydroxylation is 1. The summed E-state index contributed by atoms with van der Waals surface area (Å²) < 4.78 is 12.2. The van der Waals surface area contributed by atoms with E-state index in [1.54, 1.807) is 12.1 Å². The molecule has 0 radical (unpaired) electrons. The van der Waals surface area contributed by atoms with Gasteiger partial charge in [-0.1, -0.05) is 60.1 Å². The molecule has 2 heterocycles. The van der Waals surface area contributed by atoms with Gasteiger partial charge >= 0.3 is 0 Å². The third-order valence-electron chi connectivity index (χ3n) is 5.97. The van der Waals surface area contributed by atoms with E-state index in [0.29, 0.717) is 29.6 Å². The normalized spacial score (nSPS) is 17.6. The Labute approximate surface area is 186 Å². The Kier molecular flexibility index (Phi) is 5.05. The predicted octanol–water partition coefficient (Wildman–Crippen LogP) is 6.18. The summed E-state index contributed by atoms with van der Waals surface area (Å²) in [7, 11) is 0. The summed E-state index contributed by atoms with van der Waals surface area (Å²) in [5.74, 6) is 1.54. The summed E-state index contributed by atoms with van der Waals surface area (Å²) in [5, 5.41) is 0.576. The van der Waals surface area contributed by atoms with Gasteiger partial charge in [-0.15, -0.1) is 0 Å². The van der Waals surface area contributed by atoms with Gasteiger partial charge in [-0.2, -0.15) is 0 Å². The third-order valence-corrected chi connectivity index (χ3v) is 6.32. The van der Waals surface area contributed by atoms with Gasteiger partial charge in [-0.25, -0.2) is 0 Å². The first-order valence-electron chi connectivity index (χ1n) is 10.3. The topological polar surface area (TPSA) is 38.8 Å². The van der Waals surface area contributed by atoms with E-state index < -0.39 is 0 Å². The number of fused-ring (bicyclic) bond motifs is 3. The van der Waals surface area contributed by atoms with E-state index in [2.05, 4.69) is 24.0 Å². The zero-order chi connectivity index (χ0) is 21.5. The van der Waals surface area contributed by atoms with Crippen LogP contribution in [0.25, 0.3) is 6.08 Å². The second-order valence-corrected chi connectivity index (χ2v) is 8.35. The number of carbonyl (C=O) groups is 1. The Morgan fingerprint density at radius 3 is 2.61 bits per heavy atom. The highest BCUT2D eigenvalue weighted by atomic mass is 35.5. The summed E-state index contributed by atoms with van der Waals surface area (Å²) in [4.78, 5) is 15.4. The Bertz CT molecular complexity index is 1200. The van der Waals surface area contributed by atoms with Crippen LogP contribution < -0.4 is 9.47 Å². The number of Topliss-reactive ketones (excluding diaryl/α,β-unsaturated/α-hetero) is 1. The van der Waals surface area contributed by atoms with E-state index in [1.165, 1.54) is 5.56 Å². The van der Waals surface area contributed by atoms with Gasteiger partial charge in [-0.3, -0.25) is 9.69 Å². The maximum absolute atomic E-state index is 13.2. The number of rotatable bonds is 3. The van der Waals surface area contributed by atoms with Crippen molar-refractivity contribution >= 4 is 23.5 Å². The number of hydrogen-bond acceptors (Lipinski definition) is 4. The Morgan fingerprint density at radius 1 is 1.10 bits per heavy atom. The van der Waals surface area contributed by atoms with Crippen LogP contribution in [0.15, 0.2) is 66.4 Å². The predicted molar refractivity (Wildman–Crippen MR) is 121 cm³/mol. The zero-order valence-electron chi connectivity index (χ0n) is 17.4. The number of allylic oxidation sites excluding steroid dienone is 1. The van der Waals surface area contributed by atoms with Crippen LogP contribution in [0.1, 0.15) is 45.6 Å². The molecule has 0 fully saturated rings. The zero-order valence-corrected chi connectivity index (χ0v) is 18.1. The lowest BCUT2D eigenvalue weighted by Crippen LogP contribution is -2.34. The largest absolute Gasteiger partial charge is 0.478 e. The molecule has 4 nitrogen and oxygen atoms in total. The van der Waals surface area contributed by atoms with Crippen molar-refractivity contribution in [3.8, 4) is 11.5 Å². The van der Waals surface area contributed by atoms with Crippen LogP contribution in [0, 0.1) is 6.92 Å². The highest BCUT2D eigenvalue weighted by Crippen LogP contribution is 2.45. The molecule has 5 heteroatoms. The fourth-order valence-corrected chi connectivity index (χ4v) is 4.36. The molecular formula is C26H22ClNO3. The van der Waals surface area contributed by atoms with E-state index in [4.69, 9.17) is 21.1 Å². The lowest BCUT2D eigenvalue weighted by Gasteiger charge is -2.34. The van der Waals surface area contributed by atoms with Gasteiger partial charge in [-0.05, 0) is 48.7 Å². The van der Waals surface area contributed by atoms with Gasteiger partial charge in [0.2, 0.25) is 5.78 Å². The van der Waals surface area contributed by atoms with Crippen molar-refractivity contribution in [1.29, 1.82) is 0 Å². The molecule has 156 valence electrons. The second-order valence-electron chi connectivity index (χ2n) is 7.94. The van der Waals surface area contributed by atoms with Gasteiger partial charge in [0.1, 0.15) is 18.2 Å². The average molecular weight is 432 g/mol. The molecule has 0 aliphatic carbocycles. The molecular weight excluding hydrogens is 410 g/mol. The van der Waals surface area contributed by atoms with Crippen molar-refractivity contribution in [3.63, 3.8) is 0 Å². The average Bonchev–Trinajstić information content (AvgIpc) is 3.12. The Hall–Kier alpha value is -3.08.